The number of rotatable bonds is 4. The van der Waals surface area contributed by atoms with Crippen molar-refractivity contribution in [1.82, 2.24) is 20.3 Å². The Labute approximate surface area is 157 Å². The molecule has 1 aliphatic rings. The summed E-state index contributed by atoms with van der Waals surface area (Å²) in [5.74, 6) is 0.801. The minimum Gasteiger partial charge on any atom is -0.487 e. The number of aromatic amines is 1. The standard InChI is InChI=1S/C22H20N4O/c1-2-5-15(6-3-1)20-21(26-18-7-4-10-25-22(18)20)17-9-12-24-14-19(17)27-16-8-11-23-13-16/h1-7,9-10,12,14,16,23,26H,8,11,13H2/t16-/m1/s1. The van der Waals surface area contributed by atoms with Crippen LogP contribution in [-0.2, 0) is 0 Å². The zero-order chi connectivity index (χ0) is 18.1. The Bertz CT molecular complexity index is 1070. The largest absolute Gasteiger partial charge is 0.487 e. The quantitative estimate of drug-likeness (QED) is 0.579. The van der Waals surface area contributed by atoms with Crippen LogP contribution >= 0.6 is 0 Å². The fourth-order valence-corrected chi connectivity index (χ4v) is 3.70. The average Bonchev–Trinajstić information content (AvgIpc) is 3.36. The summed E-state index contributed by atoms with van der Waals surface area (Å²) in [4.78, 5) is 12.5. The van der Waals surface area contributed by atoms with Gasteiger partial charge < -0.3 is 15.0 Å². The molecule has 1 aromatic carbocycles. The molecule has 0 unspecified atom stereocenters. The summed E-state index contributed by atoms with van der Waals surface area (Å²) >= 11 is 0. The first-order chi connectivity index (χ1) is 13.4. The molecule has 0 saturated carbocycles. The van der Waals surface area contributed by atoms with Crippen LogP contribution in [-0.4, -0.2) is 34.1 Å². The van der Waals surface area contributed by atoms with E-state index in [0.29, 0.717) is 0 Å². The van der Waals surface area contributed by atoms with E-state index >= 15 is 0 Å². The first-order valence-corrected chi connectivity index (χ1v) is 9.24. The molecule has 5 heteroatoms. The number of aromatic nitrogens is 3. The molecule has 5 rings (SSSR count). The molecule has 0 bridgehead atoms. The molecule has 2 N–H and O–H groups in total. The van der Waals surface area contributed by atoms with Crippen LogP contribution in [0.5, 0.6) is 5.75 Å². The Morgan fingerprint density at radius 3 is 2.78 bits per heavy atom. The van der Waals surface area contributed by atoms with Crippen LogP contribution in [0.25, 0.3) is 33.4 Å². The Morgan fingerprint density at radius 1 is 1.00 bits per heavy atom. The summed E-state index contributed by atoms with van der Waals surface area (Å²) in [6, 6.07) is 16.4. The zero-order valence-electron chi connectivity index (χ0n) is 14.9. The molecule has 134 valence electrons. The Kier molecular flexibility index (Phi) is 4.07. The number of nitrogens with one attached hydrogen (secondary N) is 2. The molecule has 0 radical (unpaired) electrons. The molecular formula is C22H20N4O. The van der Waals surface area contributed by atoms with E-state index in [-0.39, 0.29) is 6.10 Å². The van der Waals surface area contributed by atoms with Crippen molar-refractivity contribution >= 4 is 11.0 Å². The summed E-state index contributed by atoms with van der Waals surface area (Å²) in [6.07, 6.45) is 6.63. The highest BCUT2D eigenvalue weighted by Gasteiger charge is 2.22. The van der Waals surface area contributed by atoms with Crippen LogP contribution in [0.4, 0.5) is 0 Å². The van der Waals surface area contributed by atoms with Crippen LogP contribution in [0.3, 0.4) is 0 Å². The van der Waals surface area contributed by atoms with Crippen LogP contribution in [0.2, 0.25) is 0 Å². The van der Waals surface area contributed by atoms with E-state index < -0.39 is 0 Å². The second-order valence-electron chi connectivity index (χ2n) is 6.75. The highest BCUT2D eigenvalue weighted by atomic mass is 16.5. The van der Waals surface area contributed by atoms with E-state index in [9.17, 15) is 0 Å². The third kappa shape index (κ3) is 2.96. The summed E-state index contributed by atoms with van der Waals surface area (Å²) in [5.41, 5.74) is 6.21. The van der Waals surface area contributed by atoms with Gasteiger partial charge >= 0.3 is 0 Å². The van der Waals surface area contributed by atoms with Crippen molar-refractivity contribution in [2.75, 3.05) is 13.1 Å². The molecule has 27 heavy (non-hydrogen) atoms. The third-order valence-corrected chi connectivity index (χ3v) is 4.98. The maximum absolute atomic E-state index is 6.28. The van der Waals surface area contributed by atoms with Gasteiger partial charge in [-0.2, -0.15) is 0 Å². The predicted octanol–water partition coefficient (Wildman–Crippen LogP) is 4.03. The number of nitrogens with zero attached hydrogens (tertiary/aromatic N) is 2. The molecule has 5 nitrogen and oxygen atoms in total. The number of benzene rings is 1. The van der Waals surface area contributed by atoms with Gasteiger partial charge in [-0.15, -0.1) is 0 Å². The second kappa shape index (κ2) is 6.85. The van der Waals surface area contributed by atoms with Crippen LogP contribution in [0.15, 0.2) is 67.1 Å². The van der Waals surface area contributed by atoms with E-state index in [1.54, 1.807) is 6.20 Å². The van der Waals surface area contributed by atoms with E-state index in [1.807, 2.05) is 30.6 Å². The normalized spacial score (nSPS) is 16.7. The first kappa shape index (κ1) is 16.0. The number of hydrogen-bond donors (Lipinski definition) is 2. The summed E-state index contributed by atoms with van der Waals surface area (Å²) in [7, 11) is 0. The van der Waals surface area contributed by atoms with Crippen molar-refractivity contribution in [3.8, 4) is 28.1 Å². The van der Waals surface area contributed by atoms with Gasteiger partial charge in [-0.05, 0) is 36.7 Å². The molecular weight excluding hydrogens is 336 g/mol. The van der Waals surface area contributed by atoms with Gasteiger partial charge in [0.2, 0.25) is 0 Å². The molecule has 0 amide bonds. The number of hydrogen-bond acceptors (Lipinski definition) is 4. The number of H-pyrrole nitrogens is 1. The minimum absolute atomic E-state index is 0.177. The van der Waals surface area contributed by atoms with Crippen molar-refractivity contribution < 1.29 is 4.74 Å². The molecule has 0 spiro atoms. The summed E-state index contributed by atoms with van der Waals surface area (Å²) in [6.45, 7) is 1.86. The molecule has 1 aliphatic heterocycles. The SMILES string of the molecule is c1ccc(-c2c(-c3ccncc3O[C@@H]3CCNC3)[nH]c3cccnc23)cc1. The molecule has 1 fully saturated rings. The Balaban J connectivity index is 1.70. The average molecular weight is 356 g/mol. The second-order valence-corrected chi connectivity index (χ2v) is 6.75. The lowest BCUT2D eigenvalue weighted by Crippen LogP contribution is -2.20. The Morgan fingerprint density at radius 2 is 1.93 bits per heavy atom. The van der Waals surface area contributed by atoms with E-state index in [1.165, 1.54) is 0 Å². The summed E-state index contributed by atoms with van der Waals surface area (Å²) < 4.78 is 6.28. The number of ether oxygens (including phenoxy) is 1. The maximum atomic E-state index is 6.28. The van der Waals surface area contributed by atoms with E-state index in [2.05, 4.69) is 50.6 Å². The lowest BCUT2D eigenvalue weighted by Gasteiger charge is -2.16. The monoisotopic (exact) mass is 356 g/mol. The third-order valence-electron chi connectivity index (χ3n) is 4.98. The van der Waals surface area contributed by atoms with Gasteiger partial charge in [-0.25, -0.2) is 0 Å². The van der Waals surface area contributed by atoms with E-state index in [0.717, 1.165) is 58.7 Å². The van der Waals surface area contributed by atoms with Gasteiger partial charge in [0.25, 0.3) is 0 Å². The smallest absolute Gasteiger partial charge is 0.147 e. The van der Waals surface area contributed by atoms with Gasteiger partial charge in [-0.1, -0.05) is 30.3 Å². The van der Waals surface area contributed by atoms with Crippen molar-refractivity contribution in [3.05, 3.63) is 67.1 Å². The molecule has 1 saturated heterocycles. The molecule has 3 aromatic heterocycles. The van der Waals surface area contributed by atoms with Gasteiger partial charge in [0, 0.05) is 30.1 Å². The molecule has 0 aliphatic carbocycles. The van der Waals surface area contributed by atoms with Crippen LogP contribution in [0, 0.1) is 0 Å². The molecule has 4 aromatic rings. The van der Waals surface area contributed by atoms with Crippen molar-refractivity contribution in [1.29, 1.82) is 0 Å². The number of fused-ring (bicyclic) bond motifs is 1. The topological polar surface area (TPSA) is 62.8 Å². The first-order valence-electron chi connectivity index (χ1n) is 9.24. The Hall–Kier alpha value is -3.18. The zero-order valence-corrected chi connectivity index (χ0v) is 14.9. The number of pyridine rings is 2. The predicted molar refractivity (Wildman–Crippen MR) is 107 cm³/mol. The van der Waals surface area contributed by atoms with Crippen LogP contribution in [0.1, 0.15) is 6.42 Å². The highest BCUT2D eigenvalue weighted by molar-refractivity contribution is 6.02. The van der Waals surface area contributed by atoms with Gasteiger partial charge in [0.1, 0.15) is 11.9 Å². The summed E-state index contributed by atoms with van der Waals surface area (Å²) in [5, 5.41) is 3.35. The van der Waals surface area contributed by atoms with Crippen LogP contribution < -0.4 is 10.1 Å². The minimum atomic E-state index is 0.177. The maximum Gasteiger partial charge on any atom is 0.147 e. The van der Waals surface area contributed by atoms with Crippen molar-refractivity contribution in [3.63, 3.8) is 0 Å². The lowest BCUT2D eigenvalue weighted by atomic mass is 10.0. The highest BCUT2D eigenvalue weighted by Crippen LogP contribution is 2.40. The fraction of sp³-hybridized carbons (Fsp3) is 0.182. The molecule has 1 atom stereocenters. The molecule has 4 heterocycles. The van der Waals surface area contributed by atoms with Crippen molar-refractivity contribution in [2.45, 2.75) is 12.5 Å². The fourth-order valence-electron chi connectivity index (χ4n) is 3.70. The van der Waals surface area contributed by atoms with Gasteiger partial charge in [0.15, 0.2) is 0 Å². The van der Waals surface area contributed by atoms with Gasteiger partial charge in [-0.3, -0.25) is 9.97 Å². The van der Waals surface area contributed by atoms with Crippen molar-refractivity contribution in [2.24, 2.45) is 0 Å². The van der Waals surface area contributed by atoms with E-state index in [4.69, 9.17) is 4.74 Å². The lowest BCUT2D eigenvalue weighted by molar-refractivity contribution is 0.223. The van der Waals surface area contributed by atoms with Gasteiger partial charge in [0.05, 0.1) is 22.9 Å².